The molecule has 0 aliphatic carbocycles. The maximum Gasteiger partial charge on any atom is 0.302 e. The van der Waals surface area contributed by atoms with Gasteiger partial charge in [-0.1, -0.05) is 12.1 Å². The third-order valence-electron chi connectivity index (χ3n) is 4.00. The van der Waals surface area contributed by atoms with Gasteiger partial charge in [0, 0.05) is 12.1 Å². The number of rotatable bonds is 5. The highest BCUT2D eigenvalue weighted by atomic mass is 16.4. The maximum atomic E-state index is 12.5. The molecule has 1 amide bonds. The number of fused-ring (bicyclic) bond motifs is 2. The molecule has 2 heterocycles. The Hall–Kier alpha value is -3.19. The average molecular weight is 335 g/mol. The van der Waals surface area contributed by atoms with Gasteiger partial charge >= 0.3 is 6.01 Å². The van der Waals surface area contributed by atoms with Gasteiger partial charge in [-0.15, -0.1) is 0 Å². The van der Waals surface area contributed by atoms with E-state index in [1.807, 2.05) is 28.8 Å². The van der Waals surface area contributed by atoms with E-state index in [-0.39, 0.29) is 11.9 Å². The Labute approximate surface area is 143 Å². The number of carbonyl (C=O) groups excluding carboxylic acids is 1. The van der Waals surface area contributed by atoms with Gasteiger partial charge in [0.2, 0.25) is 0 Å². The second-order valence-electron chi connectivity index (χ2n) is 5.72. The monoisotopic (exact) mass is 335 g/mol. The smallest absolute Gasteiger partial charge is 0.302 e. The van der Waals surface area contributed by atoms with E-state index in [4.69, 9.17) is 10.2 Å². The highest BCUT2D eigenvalue weighted by Crippen LogP contribution is 2.20. The zero-order valence-corrected chi connectivity index (χ0v) is 13.5. The number of carbonyl (C=O) groups is 1. The summed E-state index contributed by atoms with van der Waals surface area (Å²) in [6.07, 6.45) is 2.65. The lowest BCUT2D eigenvalue weighted by Gasteiger charge is -2.04. The summed E-state index contributed by atoms with van der Waals surface area (Å²) in [7, 11) is 0. The summed E-state index contributed by atoms with van der Waals surface area (Å²) in [6, 6.07) is 12.9. The number of aromatic nitrogens is 3. The first-order valence-electron chi connectivity index (χ1n) is 8.06. The van der Waals surface area contributed by atoms with E-state index in [1.165, 1.54) is 0 Å². The minimum Gasteiger partial charge on any atom is -0.423 e. The molecule has 0 aliphatic rings. The molecule has 3 N–H and O–H groups in total. The first kappa shape index (κ1) is 15.3. The lowest BCUT2D eigenvalue weighted by Crippen LogP contribution is -2.12. The van der Waals surface area contributed by atoms with E-state index in [1.54, 1.807) is 24.5 Å². The number of anilines is 1. The predicted molar refractivity (Wildman–Crippen MR) is 95.4 cm³/mol. The van der Waals surface area contributed by atoms with Crippen molar-refractivity contribution in [3.63, 3.8) is 0 Å². The molecule has 0 unspecified atom stereocenters. The van der Waals surface area contributed by atoms with Crippen LogP contribution in [0, 0.1) is 0 Å². The Kier molecular flexibility index (Phi) is 3.91. The van der Waals surface area contributed by atoms with Crippen molar-refractivity contribution in [2.45, 2.75) is 13.0 Å². The molecule has 0 saturated carbocycles. The number of hydrogen-bond donors (Lipinski definition) is 2. The van der Waals surface area contributed by atoms with E-state index in [0.29, 0.717) is 23.2 Å². The average Bonchev–Trinajstić information content (AvgIpc) is 3.22. The highest BCUT2D eigenvalue weighted by Gasteiger charge is 2.13. The Balaban J connectivity index is 1.57. The summed E-state index contributed by atoms with van der Waals surface area (Å²) in [5, 5.41) is 2.69. The normalized spacial score (nSPS) is 11.2. The molecule has 0 radical (unpaired) electrons. The molecule has 0 bridgehead atoms. The van der Waals surface area contributed by atoms with Crippen molar-refractivity contribution in [2.75, 3.05) is 11.9 Å². The van der Waals surface area contributed by atoms with Crippen molar-refractivity contribution in [3.05, 3.63) is 54.4 Å². The van der Waals surface area contributed by atoms with Crippen LogP contribution in [0.25, 0.3) is 22.1 Å². The van der Waals surface area contributed by atoms with Crippen molar-refractivity contribution in [1.29, 1.82) is 0 Å². The molecule has 0 saturated heterocycles. The van der Waals surface area contributed by atoms with Gasteiger partial charge < -0.3 is 14.7 Å². The van der Waals surface area contributed by atoms with Gasteiger partial charge in [0.1, 0.15) is 5.52 Å². The van der Waals surface area contributed by atoms with Crippen molar-refractivity contribution in [2.24, 2.45) is 5.73 Å². The van der Waals surface area contributed by atoms with Crippen LogP contribution >= 0.6 is 0 Å². The zero-order chi connectivity index (χ0) is 17.2. The summed E-state index contributed by atoms with van der Waals surface area (Å²) in [5.74, 6) is -0.287. The van der Waals surface area contributed by atoms with Gasteiger partial charge in [-0.25, -0.2) is 4.98 Å². The number of nitrogens with one attached hydrogen (secondary N) is 1. The van der Waals surface area contributed by atoms with Crippen LogP contribution in [0.4, 0.5) is 6.01 Å². The summed E-state index contributed by atoms with van der Waals surface area (Å²) in [6.45, 7) is 1.44. The van der Waals surface area contributed by atoms with E-state index in [2.05, 4.69) is 15.3 Å². The topological polar surface area (TPSA) is 99.0 Å². The zero-order valence-electron chi connectivity index (χ0n) is 13.5. The van der Waals surface area contributed by atoms with Crippen LogP contribution in [0.5, 0.6) is 0 Å². The second kappa shape index (κ2) is 6.37. The third-order valence-corrected chi connectivity index (χ3v) is 4.00. The molecule has 0 aliphatic heterocycles. The van der Waals surface area contributed by atoms with E-state index in [9.17, 15) is 4.79 Å². The van der Waals surface area contributed by atoms with Crippen LogP contribution < -0.4 is 11.1 Å². The molecule has 4 rings (SSSR count). The number of para-hydroxylation sites is 2. The van der Waals surface area contributed by atoms with E-state index < -0.39 is 0 Å². The molecule has 4 aromatic rings. The second-order valence-corrected chi connectivity index (χ2v) is 5.72. The van der Waals surface area contributed by atoms with E-state index >= 15 is 0 Å². The number of amides is 1. The van der Waals surface area contributed by atoms with Crippen LogP contribution in [0.1, 0.15) is 16.8 Å². The molecule has 7 heteroatoms. The fourth-order valence-corrected chi connectivity index (χ4v) is 2.74. The molecule has 0 fully saturated rings. The summed E-state index contributed by atoms with van der Waals surface area (Å²) in [4.78, 5) is 21.1. The highest BCUT2D eigenvalue weighted by molar-refractivity contribution is 6.05. The van der Waals surface area contributed by atoms with Crippen molar-refractivity contribution >= 4 is 34.1 Å². The van der Waals surface area contributed by atoms with Crippen LogP contribution in [-0.4, -0.2) is 27.0 Å². The van der Waals surface area contributed by atoms with Crippen molar-refractivity contribution < 1.29 is 9.21 Å². The molecule has 2 aromatic heterocycles. The van der Waals surface area contributed by atoms with Crippen LogP contribution in [0.3, 0.4) is 0 Å². The Morgan fingerprint density at radius 3 is 2.92 bits per heavy atom. The predicted octanol–water partition coefficient (Wildman–Crippen LogP) is 2.78. The maximum absolute atomic E-state index is 12.5. The lowest BCUT2D eigenvalue weighted by atomic mass is 10.2. The molecule has 0 spiro atoms. The number of hydrogen-bond acceptors (Lipinski definition) is 5. The van der Waals surface area contributed by atoms with Crippen LogP contribution in [0.15, 0.2) is 53.2 Å². The van der Waals surface area contributed by atoms with Gasteiger partial charge in [-0.2, -0.15) is 4.98 Å². The molecule has 0 atom stereocenters. The number of aryl methyl sites for hydroxylation is 1. The molecule has 126 valence electrons. The summed E-state index contributed by atoms with van der Waals surface area (Å²) < 4.78 is 7.55. The minimum absolute atomic E-state index is 0.180. The Morgan fingerprint density at radius 1 is 1.20 bits per heavy atom. The molecule has 2 aromatic carbocycles. The van der Waals surface area contributed by atoms with Gasteiger partial charge in [-0.05, 0) is 43.3 Å². The van der Waals surface area contributed by atoms with Gasteiger partial charge in [0.25, 0.3) is 5.91 Å². The Bertz CT molecular complexity index is 1020. The molecule has 7 nitrogen and oxygen atoms in total. The first-order chi connectivity index (χ1) is 12.2. The van der Waals surface area contributed by atoms with Crippen molar-refractivity contribution in [3.8, 4) is 0 Å². The quantitative estimate of drug-likeness (QED) is 0.584. The number of oxazole rings is 1. The summed E-state index contributed by atoms with van der Waals surface area (Å²) >= 11 is 0. The fraction of sp³-hybridized carbons (Fsp3) is 0.167. The fourth-order valence-electron chi connectivity index (χ4n) is 2.74. The number of benzene rings is 2. The first-order valence-corrected chi connectivity index (χ1v) is 8.06. The van der Waals surface area contributed by atoms with Gasteiger partial charge in [0.15, 0.2) is 5.58 Å². The van der Waals surface area contributed by atoms with Crippen LogP contribution in [0.2, 0.25) is 0 Å². The SMILES string of the molecule is NCCCn1cnc2cc(C(=O)Nc3nc4ccccc4o3)ccc21. The number of nitrogens with zero attached hydrogens (tertiary/aromatic N) is 3. The largest absolute Gasteiger partial charge is 0.423 e. The molecular formula is C18H17N5O2. The van der Waals surface area contributed by atoms with Gasteiger partial charge in [0.05, 0.1) is 17.4 Å². The number of nitrogens with two attached hydrogens (primary N) is 1. The van der Waals surface area contributed by atoms with E-state index in [0.717, 1.165) is 24.0 Å². The third kappa shape index (κ3) is 2.97. The minimum atomic E-state index is -0.287. The number of imidazole rings is 1. The standard InChI is InChI=1S/C18H17N5O2/c19-8-3-9-23-11-20-14-10-12(6-7-15(14)23)17(24)22-18-21-13-4-1-2-5-16(13)25-18/h1-2,4-7,10-11H,3,8-9,19H2,(H,21,22,24). The molecule has 25 heavy (non-hydrogen) atoms. The Morgan fingerprint density at radius 2 is 2.08 bits per heavy atom. The van der Waals surface area contributed by atoms with Crippen molar-refractivity contribution in [1.82, 2.24) is 14.5 Å². The molecular weight excluding hydrogens is 318 g/mol. The lowest BCUT2D eigenvalue weighted by molar-refractivity contribution is 0.102. The van der Waals surface area contributed by atoms with Gasteiger partial charge in [-0.3, -0.25) is 10.1 Å². The van der Waals surface area contributed by atoms with Crippen LogP contribution in [-0.2, 0) is 6.54 Å². The summed E-state index contributed by atoms with van der Waals surface area (Å²) in [5.41, 5.74) is 9.13.